The molecule has 0 aromatic heterocycles. The van der Waals surface area contributed by atoms with Gasteiger partial charge in [-0.2, -0.15) is 0 Å². The molecule has 2 N–H and O–H groups in total. The highest BCUT2D eigenvalue weighted by Crippen LogP contribution is 2.22. The Hall–Kier alpha value is -0.860. The molecule has 2 atom stereocenters. The van der Waals surface area contributed by atoms with Crippen LogP contribution in [-0.4, -0.2) is 30.1 Å². The largest absolute Gasteiger partial charge is 0.327 e. The maximum absolute atomic E-state index is 6.35. The van der Waals surface area contributed by atoms with Crippen molar-refractivity contribution < 1.29 is 0 Å². The molecular formula is C15H24N2. The van der Waals surface area contributed by atoms with E-state index in [-0.39, 0.29) is 0 Å². The highest BCUT2D eigenvalue weighted by Gasteiger charge is 2.28. The topological polar surface area (TPSA) is 29.3 Å². The Kier molecular flexibility index (Phi) is 4.19. The minimum absolute atomic E-state index is 0.307. The van der Waals surface area contributed by atoms with Crippen LogP contribution in [0.4, 0.5) is 0 Å². The van der Waals surface area contributed by atoms with Gasteiger partial charge in [0.25, 0.3) is 0 Å². The molecule has 1 heterocycles. The molecule has 0 bridgehead atoms. The fraction of sp³-hybridized carbons (Fsp3) is 0.600. The van der Waals surface area contributed by atoms with E-state index in [1.54, 1.807) is 0 Å². The van der Waals surface area contributed by atoms with Crippen molar-refractivity contribution in [3.8, 4) is 0 Å². The predicted octanol–water partition coefficient (Wildman–Crippen LogP) is 2.29. The molecule has 94 valence electrons. The second kappa shape index (κ2) is 5.65. The van der Waals surface area contributed by atoms with E-state index >= 15 is 0 Å². The Morgan fingerprint density at radius 3 is 2.59 bits per heavy atom. The highest BCUT2D eigenvalue weighted by molar-refractivity contribution is 5.16. The minimum Gasteiger partial charge on any atom is -0.327 e. The van der Waals surface area contributed by atoms with E-state index < -0.39 is 0 Å². The number of benzene rings is 1. The van der Waals surface area contributed by atoms with Crippen LogP contribution in [0.3, 0.4) is 0 Å². The average Bonchev–Trinajstić information content (AvgIpc) is 2.79. The molecule has 0 radical (unpaired) electrons. The fourth-order valence-corrected chi connectivity index (χ4v) is 2.69. The van der Waals surface area contributed by atoms with E-state index in [0.29, 0.717) is 18.0 Å². The van der Waals surface area contributed by atoms with Crippen LogP contribution in [0, 0.1) is 5.92 Å². The van der Waals surface area contributed by atoms with E-state index in [0.717, 1.165) is 6.42 Å². The van der Waals surface area contributed by atoms with Gasteiger partial charge in [0, 0.05) is 18.6 Å². The zero-order valence-electron chi connectivity index (χ0n) is 11.0. The molecule has 0 saturated carbocycles. The van der Waals surface area contributed by atoms with Gasteiger partial charge < -0.3 is 10.6 Å². The Balaban J connectivity index is 1.87. The first-order chi connectivity index (χ1) is 8.16. The van der Waals surface area contributed by atoms with Gasteiger partial charge in [-0.3, -0.25) is 0 Å². The lowest BCUT2D eigenvalue weighted by molar-refractivity contribution is 0.258. The van der Waals surface area contributed by atoms with Gasteiger partial charge in [-0.15, -0.1) is 0 Å². The van der Waals surface area contributed by atoms with Crippen molar-refractivity contribution in [1.82, 2.24) is 4.90 Å². The third-order valence-corrected chi connectivity index (χ3v) is 3.91. The molecule has 2 heteroatoms. The highest BCUT2D eigenvalue weighted by atomic mass is 15.2. The molecule has 2 nitrogen and oxygen atoms in total. The van der Waals surface area contributed by atoms with E-state index in [9.17, 15) is 0 Å². The van der Waals surface area contributed by atoms with Crippen LogP contribution in [0.25, 0.3) is 0 Å². The first kappa shape index (κ1) is 12.6. The number of hydrogen-bond donors (Lipinski definition) is 1. The van der Waals surface area contributed by atoms with Gasteiger partial charge in [0.2, 0.25) is 0 Å². The molecule has 17 heavy (non-hydrogen) atoms. The second-order valence-corrected chi connectivity index (χ2v) is 5.49. The lowest BCUT2D eigenvalue weighted by atomic mass is 9.93. The maximum Gasteiger partial charge on any atom is 0.0120 e. The summed E-state index contributed by atoms with van der Waals surface area (Å²) in [5.74, 6) is 0.664. The van der Waals surface area contributed by atoms with Gasteiger partial charge in [-0.05, 0) is 44.7 Å². The molecule has 0 aliphatic carbocycles. The Morgan fingerprint density at radius 2 is 2.00 bits per heavy atom. The van der Waals surface area contributed by atoms with Crippen molar-refractivity contribution in [2.45, 2.75) is 38.8 Å². The molecule has 1 aliphatic rings. The van der Waals surface area contributed by atoms with Gasteiger partial charge in [-0.1, -0.05) is 30.3 Å². The van der Waals surface area contributed by atoms with Crippen LogP contribution in [0.5, 0.6) is 0 Å². The lowest BCUT2D eigenvalue weighted by Gasteiger charge is -2.23. The normalized spacial score (nSPS) is 23.2. The van der Waals surface area contributed by atoms with E-state index in [1.807, 2.05) is 0 Å². The molecule has 1 aromatic rings. The summed E-state index contributed by atoms with van der Waals surface area (Å²) in [6, 6.07) is 11.6. The first-order valence-corrected chi connectivity index (χ1v) is 6.70. The zero-order valence-corrected chi connectivity index (χ0v) is 11.0. The van der Waals surface area contributed by atoms with Crippen LogP contribution in [-0.2, 0) is 6.42 Å². The summed E-state index contributed by atoms with van der Waals surface area (Å²) in [7, 11) is 0. The number of hydrogen-bond acceptors (Lipinski definition) is 2. The summed E-state index contributed by atoms with van der Waals surface area (Å²) in [6.07, 6.45) is 2.27. The summed E-state index contributed by atoms with van der Waals surface area (Å²) in [6.45, 7) is 6.92. The van der Waals surface area contributed by atoms with Crippen molar-refractivity contribution >= 4 is 0 Å². The van der Waals surface area contributed by atoms with Gasteiger partial charge in [0.15, 0.2) is 0 Å². The van der Waals surface area contributed by atoms with E-state index in [4.69, 9.17) is 5.73 Å². The van der Waals surface area contributed by atoms with Gasteiger partial charge in [0.1, 0.15) is 0 Å². The molecule has 2 rings (SSSR count). The molecular weight excluding hydrogens is 208 g/mol. The average molecular weight is 232 g/mol. The monoisotopic (exact) mass is 232 g/mol. The van der Waals surface area contributed by atoms with Crippen LogP contribution in [0.15, 0.2) is 30.3 Å². The predicted molar refractivity (Wildman–Crippen MR) is 72.9 cm³/mol. The van der Waals surface area contributed by atoms with Crippen molar-refractivity contribution in [1.29, 1.82) is 0 Å². The van der Waals surface area contributed by atoms with Crippen LogP contribution in [0.2, 0.25) is 0 Å². The van der Waals surface area contributed by atoms with E-state index in [2.05, 4.69) is 49.1 Å². The number of rotatable bonds is 4. The van der Waals surface area contributed by atoms with E-state index in [1.165, 1.54) is 25.1 Å². The molecule has 1 fully saturated rings. The second-order valence-electron chi connectivity index (χ2n) is 5.49. The third kappa shape index (κ3) is 3.30. The van der Waals surface area contributed by atoms with Crippen LogP contribution in [0.1, 0.15) is 25.8 Å². The molecule has 1 aliphatic heterocycles. The van der Waals surface area contributed by atoms with Crippen molar-refractivity contribution in [3.63, 3.8) is 0 Å². The minimum atomic E-state index is 0.307. The fourth-order valence-electron chi connectivity index (χ4n) is 2.69. The molecule has 0 amide bonds. The summed E-state index contributed by atoms with van der Waals surface area (Å²) in [4.78, 5) is 2.54. The molecule has 1 saturated heterocycles. The SMILES string of the molecule is CC(C)N1CCC(C(N)Cc2ccccc2)C1. The quantitative estimate of drug-likeness (QED) is 0.863. The standard InChI is InChI=1S/C15H24N2/c1-12(2)17-9-8-14(11-17)15(16)10-13-6-4-3-5-7-13/h3-7,12,14-15H,8-11,16H2,1-2H3. The van der Waals surface area contributed by atoms with Crippen LogP contribution < -0.4 is 5.73 Å². The van der Waals surface area contributed by atoms with Crippen molar-refractivity contribution in [3.05, 3.63) is 35.9 Å². The molecule has 2 unspecified atom stereocenters. The first-order valence-electron chi connectivity index (χ1n) is 6.70. The third-order valence-electron chi connectivity index (χ3n) is 3.91. The van der Waals surface area contributed by atoms with Crippen LogP contribution >= 0.6 is 0 Å². The van der Waals surface area contributed by atoms with Gasteiger partial charge in [0.05, 0.1) is 0 Å². The Morgan fingerprint density at radius 1 is 1.29 bits per heavy atom. The smallest absolute Gasteiger partial charge is 0.0120 e. The number of nitrogens with zero attached hydrogens (tertiary/aromatic N) is 1. The molecule has 0 spiro atoms. The summed E-state index contributed by atoms with van der Waals surface area (Å²) in [5.41, 5.74) is 7.71. The number of likely N-dealkylation sites (tertiary alicyclic amines) is 1. The lowest BCUT2D eigenvalue weighted by Crippen LogP contribution is -2.36. The zero-order chi connectivity index (χ0) is 12.3. The van der Waals surface area contributed by atoms with Crippen molar-refractivity contribution in [2.75, 3.05) is 13.1 Å². The number of nitrogens with two attached hydrogens (primary N) is 1. The summed E-state index contributed by atoms with van der Waals surface area (Å²) < 4.78 is 0. The van der Waals surface area contributed by atoms with Gasteiger partial charge >= 0.3 is 0 Å². The summed E-state index contributed by atoms with van der Waals surface area (Å²) in [5, 5.41) is 0. The Labute approximate surface area is 105 Å². The molecule has 1 aromatic carbocycles. The Bertz CT molecular complexity index is 334. The summed E-state index contributed by atoms with van der Waals surface area (Å²) >= 11 is 0. The van der Waals surface area contributed by atoms with Gasteiger partial charge in [-0.25, -0.2) is 0 Å². The van der Waals surface area contributed by atoms with Crippen molar-refractivity contribution in [2.24, 2.45) is 11.7 Å². The maximum atomic E-state index is 6.35.